The molecule has 0 fully saturated rings. The predicted molar refractivity (Wildman–Crippen MR) is 71.8 cm³/mol. The van der Waals surface area contributed by atoms with E-state index in [2.05, 4.69) is 15.9 Å². The summed E-state index contributed by atoms with van der Waals surface area (Å²) < 4.78 is 6.32. The first-order chi connectivity index (χ1) is 7.83. The van der Waals surface area contributed by atoms with Gasteiger partial charge in [-0.2, -0.15) is 0 Å². The predicted octanol–water partition coefficient (Wildman–Crippen LogP) is 2.83. The lowest BCUT2D eigenvalue weighted by Gasteiger charge is -2.23. The summed E-state index contributed by atoms with van der Waals surface area (Å²) in [6, 6.07) is 7.54. The summed E-state index contributed by atoms with van der Waals surface area (Å²) in [5.41, 5.74) is 6.04. The van der Waals surface area contributed by atoms with Crippen molar-refractivity contribution in [3.8, 4) is 0 Å². The van der Waals surface area contributed by atoms with Gasteiger partial charge in [0.2, 0.25) is 0 Å². The summed E-state index contributed by atoms with van der Waals surface area (Å²) in [5, 5.41) is 0. The van der Waals surface area contributed by atoms with E-state index in [-0.39, 0.29) is 12.5 Å². The van der Waals surface area contributed by atoms with E-state index in [0.29, 0.717) is 0 Å². The van der Waals surface area contributed by atoms with E-state index < -0.39 is 11.5 Å². The van der Waals surface area contributed by atoms with Crippen LogP contribution in [0.1, 0.15) is 32.3 Å². The number of carbonyl (C=O) groups excluding carboxylic acids is 1. The van der Waals surface area contributed by atoms with Crippen molar-refractivity contribution in [2.24, 2.45) is 5.73 Å². The largest absolute Gasteiger partial charge is 0.459 e. The SMILES string of the molecule is CC(C)(C)OC(=O)C(CN)c1ccc(Br)cc1. The molecule has 1 atom stereocenters. The molecule has 0 aliphatic carbocycles. The summed E-state index contributed by atoms with van der Waals surface area (Å²) in [6.07, 6.45) is 0. The molecule has 0 saturated heterocycles. The number of carbonyl (C=O) groups is 1. The third kappa shape index (κ3) is 4.48. The minimum atomic E-state index is -0.486. The number of rotatable bonds is 3. The van der Waals surface area contributed by atoms with E-state index >= 15 is 0 Å². The second-order valence-electron chi connectivity index (χ2n) is 4.87. The maximum Gasteiger partial charge on any atom is 0.315 e. The van der Waals surface area contributed by atoms with Gasteiger partial charge in [-0.05, 0) is 38.5 Å². The normalized spacial score (nSPS) is 13.2. The Morgan fingerprint density at radius 3 is 2.29 bits per heavy atom. The molecule has 1 rings (SSSR count). The Bertz CT molecular complexity index is 381. The molecule has 1 aromatic carbocycles. The van der Waals surface area contributed by atoms with Crippen LogP contribution in [0.2, 0.25) is 0 Å². The minimum absolute atomic E-state index is 0.247. The molecule has 0 spiro atoms. The van der Waals surface area contributed by atoms with Crippen LogP contribution >= 0.6 is 15.9 Å². The molecule has 3 nitrogen and oxygen atoms in total. The molecule has 94 valence electrons. The van der Waals surface area contributed by atoms with Gasteiger partial charge in [0.1, 0.15) is 5.60 Å². The molecule has 0 aliphatic rings. The van der Waals surface area contributed by atoms with Gasteiger partial charge >= 0.3 is 5.97 Å². The van der Waals surface area contributed by atoms with E-state index in [0.717, 1.165) is 10.0 Å². The molecule has 2 N–H and O–H groups in total. The summed E-state index contributed by atoms with van der Waals surface area (Å²) in [7, 11) is 0. The lowest BCUT2D eigenvalue weighted by atomic mass is 9.99. The van der Waals surface area contributed by atoms with E-state index in [9.17, 15) is 4.79 Å². The number of nitrogens with two attached hydrogens (primary N) is 1. The lowest BCUT2D eigenvalue weighted by molar-refractivity contribution is -0.156. The van der Waals surface area contributed by atoms with Crippen LogP contribution in [-0.4, -0.2) is 18.1 Å². The summed E-state index contributed by atoms with van der Waals surface area (Å²) in [6.45, 7) is 5.79. The van der Waals surface area contributed by atoms with Crippen LogP contribution in [0.25, 0.3) is 0 Å². The van der Waals surface area contributed by atoms with Gasteiger partial charge in [0.05, 0.1) is 5.92 Å². The molecule has 0 heterocycles. The molecule has 0 bridgehead atoms. The quantitative estimate of drug-likeness (QED) is 0.873. The van der Waals surface area contributed by atoms with Crippen molar-refractivity contribution in [1.82, 2.24) is 0 Å². The molecule has 0 aromatic heterocycles. The molecule has 17 heavy (non-hydrogen) atoms. The van der Waals surface area contributed by atoms with E-state index in [1.807, 2.05) is 45.0 Å². The zero-order valence-electron chi connectivity index (χ0n) is 10.4. The fourth-order valence-corrected chi connectivity index (χ4v) is 1.70. The van der Waals surface area contributed by atoms with Gasteiger partial charge in [0.25, 0.3) is 0 Å². The second-order valence-corrected chi connectivity index (χ2v) is 5.79. The fourth-order valence-electron chi connectivity index (χ4n) is 1.44. The lowest BCUT2D eigenvalue weighted by Crippen LogP contribution is -2.31. The average molecular weight is 300 g/mol. The third-order valence-corrected chi connectivity index (χ3v) is 2.73. The number of benzene rings is 1. The number of ether oxygens (including phenoxy) is 1. The fraction of sp³-hybridized carbons (Fsp3) is 0.462. The van der Waals surface area contributed by atoms with E-state index in [1.54, 1.807) is 0 Å². The Hall–Kier alpha value is -0.870. The topological polar surface area (TPSA) is 52.3 Å². The first kappa shape index (κ1) is 14.2. The molecule has 4 heteroatoms. The molecule has 0 aliphatic heterocycles. The monoisotopic (exact) mass is 299 g/mol. The Morgan fingerprint density at radius 1 is 1.35 bits per heavy atom. The van der Waals surface area contributed by atoms with Gasteiger partial charge in [-0.1, -0.05) is 28.1 Å². The summed E-state index contributed by atoms with van der Waals surface area (Å²) in [4.78, 5) is 12.0. The smallest absolute Gasteiger partial charge is 0.315 e. The van der Waals surface area contributed by atoms with E-state index in [1.165, 1.54) is 0 Å². The zero-order valence-corrected chi connectivity index (χ0v) is 12.0. The number of hydrogen-bond donors (Lipinski definition) is 1. The number of hydrogen-bond acceptors (Lipinski definition) is 3. The standard InChI is InChI=1S/C13H18BrNO2/c1-13(2,3)17-12(16)11(8-15)9-4-6-10(14)7-5-9/h4-7,11H,8,15H2,1-3H3. The molecular formula is C13H18BrNO2. The van der Waals surface area contributed by atoms with Crippen molar-refractivity contribution in [3.63, 3.8) is 0 Å². The molecule has 1 unspecified atom stereocenters. The first-order valence-electron chi connectivity index (χ1n) is 5.52. The van der Waals surface area contributed by atoms with Crippen molar-refractivity contribution in [3.05, 3.63) is 34.3 Å². The van der Waals surface area contributed by atoms with Gasteiger partial charge < -0.3 is 10.5 Å². The highest BCUT2D eigenvalue weighted by Crippen LogP contribution is 2.21. The van der Waals surface area contributed by atoms with Gasteiger partial charge in [0.15, 0.2) is 0 Å². The van der Waals surface area contributed by atoms with Crippen LogP contribution in [-0.2, 0) is 9.53 Å². The van der Waals surface area contributed by atoms with Crippen LogP contribution < -0.4 is 5.73 Å². The highest BCUT2D eigenvalue weighted by Gasteiger charge is 2.25. The first-order valence-corrected chi connectivity index (χ1v) is 6.31. The van der Waals surface area contributed by atoms with Gasteiger partial charge in [0, 0.05) is 11.0 Å². The zero-order chi connectivity index (χ0) is 13.1. The average Bonchev–Trinajstić information content (AvgIpc) is 2.19. The van der Waals surface area contributed by atoms with Crippen molar-refractivity contribution in [2.75, 3.05) is 6.54 Å². The highest BCUT2D eigenvalue weighted by atomic mass is 79.9. The second kappa shape index (κ2) is 5.65. The molecule has 0 saturated carbocycles. The maximum absolute atomic E-state index is 12.0. The summed E-state index contributed by atoms with van der Waals surface area (Å²) in [5.74, 6) is -0.676. The number of esters is 1. The highest BCUT2D eigenvalue weighted by molar-refractivity contribution is 9.10. The molecule has 1 aromatic rings. The van der Waals surface area contributed by atoms with Crippen LogP contribution in [0.15, 0.2) is 28.7 Å². The molecule has 0 amide bonds. The minimum Gasteiger partial charge on any atom is -0.459 e. The Kier molecular flexibility index (Phi) is 4.71. The Labute approximate surface area is 110 Å². The van der Waals surface area contributed by atoms with Crippen molar-refractivity contribution in [1.29, 1.82) is 0 Å². The Balaban J connectivity index is 2.84. The third-order valence-electron chi connectivity index (χ3n) is 2.20. The van der Waals surface area contributed by atoms with Crippen molar-refractivity contribution >= 4 is 21.9 Å². The van der Waals surface area contributed by atoms with Gasteiger partial charge in [-0.25, -0.2) is 0 Å². The van der Waals surface area contributed by atoms with Crippen LogP contribution in [0, 0.1) is 0 Å². The van der Waals surface area contributed by atoms with Gasteiger partial charge in [-0.15, -0.1) is 0 Å². The van der Waals surface area contributed by atoms with Crippen LogP contribution in [0.3, 0.4) is 0 Å². The van der Waals surface area contributed by atoms with Crippen LogP contribution in [0.4, 0.5) is 0 Å². The Morgan fingerprint density at radius 2 is 1.88 bits per heavy atom. The maximum atomic E-state index is 12.0. The number of halogens is 1. The molecular weight excluding hydrogens is 282 g/mol. The van der Waals surface area contributed by atoms with E-state index in [4.69, 9.17) is 10.5 Å². The van der Waals surface area contributed by atoms with Crippen LogP contribution in [0.5, 0.6) is 0 Å². The summed E-state index contributed by atoms with van der Waals surface area (Å²) >= 11 is 3.35. The van der Waals surface area contributed by atoms with Gasteiger partial charge in [-0.3, -0.25) is 4.79 Å². The molecule has 0 radical (unpaired) electrons. The van der Waals surface area contributed by atoms with Crippen molar-refractivity contribution < 1.29 is 9.53 Å². The van der Waals surface area contributed by atoms with Crippen molar-refractivity contribution in [2.45, 2.75) is 32.3 Å².